The highest BCUT2D eigenvalue weighted by Gasteiger charge is 2.20. The first-order valence-electron chi connectivity index (χ1n) is 11.3. The normalized spacial score (nSPS) is 17.5. The molecule has 1 aromatic heterocycles. The Morgan fingerprint density at radius 3 is 2.38 bits per heavy atom. The Bertz CT molecular complexity index is 1020. The van der Waals surface area contributed by atoms with Crippen molar-refractivity contribution in [3.05, 3.63) is 89.4 Å². The number of hydrogen-bond donors (Lipinski definition) is 0. The van der Waals surface area contributed by atoms with Gasteiger partial charge < -0.3 is 9.64 Å². The Balaban J connectivity index is 1.21. The van der Waals surface area contributed by atoms with Gasteiger partial charge in [-0.15, -0.1) is 0 Å². The highest BCUT2D eigenvalue weighted by atomic mass is 19.1. The predicted molar refractivity (Wildman–Crippen MR) is 124 cm³/mol. The molecule has 5 rings (SSSR count). The molecule has 1 saturated heterocycles. The van der Waals surface area contributed by atoms with Gasteiger partial charge >= 0.3 is 0 Å². The molecule has 0 N–H and O–H groups in total. The summed E-state index contributed by atoms with van der Waals surface area (Å²) in [6.45, 7) is 8.16. The number of aromatic nitrogens is 1. The minimum Gasteiger partial charge on any atom is -0.492 e. The fraction of sp³-hybridized carbons (Fsp3) is 0.346. The van der Waals surface area contributed by atoms with E-state index >= 15 is 0 Å². The Hall–Kier alpha value is -2.96. The molecule has 2 aliphatic rings. The van der Waals surface area contributed by atoms with Gasteiger partial charge in [0.2, 0.25) is 0 Å². The number of nitrogens with zero attached hydrogens (tertiary/aromatic N) is 4. The number of ether oxygens (including phenoxy) is 1. The van der Waals surface area contributed by atoms with Gasteiger partial charge in [0.05, 0.1) is 0 Å². The van der Waals surface area contributed by atoms with Gasteiger partial charge in [0.1, 0.15) is 24.0 Å². The van der Waals surface area contributed by atoms with Crippen molar-refractivity contribution < 1.29 is 9.13 Å². The second-order valence-electron chi connectivity index (χ2n) is 8.58. The zero-order chi connectivity index (χ0) is 21.8. The van der Waals surface area contributed by atoms with E-state index in [1.165, 1.54) is 23.3 Å². The molecule has 3 aromatic rings. The van der Waals surface area contributed by atoms with Crippen molar-refractivity contribution in [2.45, 2.75) is 19.6 Å². The fourth-order valence-corrected chi connectivity index (χ4v) is 4.52. The maximum atomic E-state index is 13.2. The second kappa shape index (κ2) is 9.67. The number of benzene rings is 2. The van der Waals surface area contributed by atoms with Gasteiger partial charge in [-0.25, -0.2) is 9.37 Å². The topological polar surface area (TPSA) is 31.8 Å². The molecule has 3 heterocycles. The van der Waals surface area contributed by atoms with Crippen molar-refractivity contribution >= 4 is 5.82 Å². The van der Waals surface area contributed by atoms with Gasteiger partial charge in [-0.3, -0.25) is 9.80 Å². The van der Waals surface area contributed by atoms with E-state index in [4.69, 9.17) is 4.74 Å². The molecule has 166 valence electrons. The first-order chi connectivity index (χ1) is 15.7. The summed E-state index contributed by atoms with van der Waals surface area (Å²) in [4.78, 5) is 11.7. The molecule has 2 aromatic carbocycles. The molecule has 0 bridgehead atoms. The summed E-state index contributed by atoms with van der Waals surface area (Å²) in [7, 11) is 0. The van der Waals surface area contributed by atoms with Crippen LogP contribution in [0.25, 0.3) is 0 Å². The largest absolute Gasteiger partial charge is 0.492 e. The third-order valence-corrected chi connectivity index (χ3v) is 6.26. The second-order valence-corrected chi connectivity index (χ2v) is 8.58. The molecule has 0 saturated carbocycles. The van der Waals surface area contributed by atoms with Crippen LogP contribution in [-0.2, 0) is 19.6 Å². The Kier molecular flexibility index (Phi) is 6.32. The zero-order valence-corrected chi connectivity index (χ0v) is 18.3. The van der Waals surface area contributed by atoms with Crippen LogP contribution < -0.4 is 9.64 Å². The first kappa shape index (κ1) is 20.9. The Morgan fingerprint density at radius 1 is 0.812 bits per heavy atom. The van der Waals surface area contributed by atoms with Crippen molar-refractivity contribution in [3.63, 3.8) is 0 Å². The van der Waals surface area contributed by atoms with Crippen LogP contribution in [0.4, 0.5) is 10.2 Å². The molecule has 6 heteroatoms. The van der Waals surface area contributed by atoms with Crippen molar-refractivity contribution in [1.29, 1.82) is 0 Å². The zero-order valence-electron chi connectivity index (χ0n) is 18.3. The molecular weight excluding hydrogens is 403 g/mol. The molecular formula is C26H29FN4O. The van der Waals surface area contributed by atoms with Crippen molar-refractivity contribution in [1.82, 2.24) is 14.8 Å². The van der Waals surface area contributed by atoms with Crippen molar-refractivity contribution in [3.8, 4) is 5.75 Å². The third-order valence-electron chi connectivity index (χ3n) is 6.26. The van der Waals surface area contributed by atoms with Crippen LogP contribution in [-0.4, -0.2) is 54.1 Å². The van der Waals surface area contributed by atoms with E-state index in [-0.39, 0.29) is 5.82 Å². The lowest BCUT2D eigenvalue weighted by Crippen LogP contribution is -2.46. The van der Waals surface area contributed by atoms with E-state index in [9.17, 15) is 4.39 Å². The number of halogens is 1. The lowest BCUT2D eigenvalue weighted by Gasteiger charge is -2.35. The van der Waals surface area contributed by atoms with Gasteiger partial charge in [0, 0.05) is 64.1 Å². The van der Waals surface area contributed by atoms with Gasteiger partial charge in [0.15, 0.2) is 0 Å². The third kappa shape index (κ3) is 5.09. The van der Waals surface area contributed by atoms with E-state index in [0.717, 1.165) is 69.5 Å². The van der Waals surface area contributed by atoms with E-state index in [1.807, 2.05) is 30.5 Å². The molecule has 0 unspecified atom stereocenters. The van der Waals surface area contributed by atoms with E-state index in [2.05, 4.69) is 43.9 Å². The standard InChI is InChI=1S/C26H29FN4O/c27-24-7-4-21(5-8-24)18-30-15-16-32-25-9-6-22(17-23(25)20-30)19-29-11-13-31(14-12-29)26-3-1-2-10-28-26/h1-10,17H,11-16,18-20H2. The van der Waals surface area contributed by atoms with E-state index in [0.29, 0.717) is 6.61 Å². The van der Waals surface area contributed by atoms with Crippen molar-refractivity contribution in [2.75, 3.05) is 44.2 Å². The number of piperazine rings is 1. The highest BCUT2D eigenvalue weighted by Crippen LogP contribution is 2.26. The summed E-state index contributed by atoms with van der Waals surface area (Å²) in [5.41, 5.74) is 3.67. The number of anilines is 1. The lowest BCUT2D eigenvalue weighted by molar-refractivity contribution is 0.219. The Labute approximate surface area is 189 Å². The van der Waals surface area contributed by atoms with E-state index < -0.39 is 0 Å². The molecule has 5 nitrogen and oxygen atoms in total. The van der Waals surface area contributed by atoms with Crippen LogP contribution in [0.5, 0.6) is 5.75 Å². The molecule has 0 spiro atoms. The monoisotopic (exact) mass is 432 g/mol. The van der Waals surface area contributed by atoms with Gasteiger partial charge in [0.25, 0.3) is 0 Å². The SMILES string of the molecule is Fc1ccc(CN2CCOc3ccc(CN4CCN(c5ccccn5)CC4)cc3C2)cc1. The van der Waals surface area contributed by atoms with Crippen LogP contribution in [0, 0.1) is 5.82 Å². The molecule has 1 fully saturated rings. The van der Waals surface area contributed by atoms with Crippen molar-refractivity contribution in [2.24, 2.45) is 0 Å². The summed E-state index contributed by atoms with van der Waals surface area (Å²) < 4.78 is 19.2. The molecule has 0 radical (unpaired) electrons. The summed E-state index contributed by atoms with van der Waals surface area (Å²) in [6, 6.07) is 19.5. The number of pyridine rings is 1. The minimum atomic E-state index is -0.191. The first-order valence-corrected chi connectivity index (χ1v) is 11.3. The van der Waals surface area contributed by atoms with Gasteiger partial charge in [-0.2, -0.15) is 0 Å². The number of fused-ring (bicyclic) bond motifs is 1. The smallest absolute Gasteiger partial charge is 0.128 e. The van der Waals surface area contributed by atoms with Crippen LogP contribution >= 0.6 is 0 Å². The maximum absolute atomic E-state index is 13.2. The summed E-state index contributed by atoms with van der Waals surface area (Å²) in [5, 5.41) is 0. The van der Waals surface area contributed by atoms with Gasteiger partial charge in [-0.05, 0) is 47.5 Å². The fourth-order valence-electron chi connectivity index (χ4n) is 4.52. The number of hydrogen-bond acceptors (Lipinski definition) is 5. The Morgan fingerprint density at radius 2 is 1.59 bits per heavy atom. The van der Waals surface area contributed by atoms with Crippen LogP contribution in [0.3, 0.4) is 0 Å². The average molecular weight is 433 g/mol. The minimum absolute atomic E-state index is 0.191. The summed E-state index contributed by atoms with van der Waals surface area (Å²) in [5.74, 6) is 1.86. The molecule has 32 heavy (non-hydrogen) atoms. The maximum Gasteiger partial charge on any atom is 0.128 e. The summed E-state index contributed by atoms with van der Waals surface area (Å²) in [6.07, 6.45) is 1.86. The average Bonchev–Trinajstić information content (AvgIpc) is 3.03. The van der Waals surface area contributed by atoms with Gasteiger partial charge in [-0.1, -0.05) is 24.3 Å². The number of rotatable bonds is 5. The van der Waals surface area contributed by atoms with Crippen LogP contribution in [0.1, 0.15) is 16.7 Å². The highest BCUT2D eigenvalue weighted by molar-refractivity contribution is 5.39. The van der Waals surface area contributed by atoms with Crippen LogP contribution in [0.2, 0.25) is 0 Å². The molecule has 0 amide bonds. The summed E-state index contributed by atoms with van der Waals surface area (Å²) >= 11 is 0. The predicted octanol–water partition coefficient (Wildman–Crippen LogP) is 3.94. The molecule has 0 atom stereocenters. The molecule has 0 aliphatic carbocycles. The quantitative estimate of drug-likeness (QED) is 0.610. The van der Waals surface area contributed by atoms with E-state index in [1.54, 1.807) is 0 Å². The van der Waals surface area contributed by atoms with Crippen LogP contribution in [0.15, 0.2) is 66.9 Å². The molecule has 2 aliphatic heterocycles. The lowest BCUT2D eigenvalue weighted by atomic mass is 10.1.